The maximum absolute atomic E-state index is 13.2. The molecule has 1 aliphatic rings. The van der Waals surface area contributed by atoms with E-state index in [0.29, 0.717) is 5.69 Å². The van der Waals surface area contributed by atoms with Crippen molar-refractivity contribution in [2.24, 2.45) is 7.05 Å². The summed E-state index contributed by atoms with van der Waals surface area (Å²) < 4.78 is 32.6. The second-order valence-electron chi connectivity index (χ2n) is 9.33. The Morgan fingerprint density at radius 2 is 2.03 bits per heavy atom. The van der Waals surface area contributed by atoms with Gasteiger partial charge in [-0.05, 0) is 61.6 Å². The predicted octanol–water partition coefficient (Wildman–Crippen LogP) is 4.54. The first kappa shape index (κ1) is 23.2. The van der Waals surface area contributed by atoms with Crippen molar-refractivity contribution in [2.75, 3.05) is 23.2 Å². The Balaban J connectivity index is 1.73. The first-order valence-electron chi connectivity index (χ1n) is 11.7. The predicted molar refractivity (Wildman–Crippen MR) is 140 cm³/mol. The largest absolute Gasteiger partial charge is 0.374 e. The number of aromatic nitrogens is 4. The van der Waals surface area contributed by atoms with Gasteiger partial charge in [-0.3, -0.25) is 9.40 Å². The van der Waals surface area contributed by atoms with E-state index in [1.54, 1.807) is 25.5 Å². The first-order chi connectivity index (χ1) is 16.7. The molecule has 0 unspecified atom stereocenters. The lowest BCUT2D eigenvalue weighted by Gasteiger charge is -2.16. The van der Waals surface area contributed by atoms with Crippen LogP contribution in [0.2, 0.25) is 0 Å². The molecule has 9 heteroatoms. The van der Waals surface area contributed by atoms with E-state index < -0.39 is 10.0 Å². The summed E-state index contributed by atoms with van der Waals surface area (Å²) in [6.45, 7) is 9.12. The average molecular weight is 491 g/mol. The van der Waals surface area contributed by atoms with Gasteiger partial charge in [-0.25, -0.2) is 4.98 Å². The maximum atomic E-state index is 13.2. The van der Waals surface area contributed by atoms with Gasteiger partial charge in [0.15, 0.2) is 5.03 Å². The topological polar surface area (TPSA) is 85.0 Å². The van der Waals surface area contributed by atoms with E-state index in [-0.39, 0.29) is 11.1 Å². The number of hydrogen-bond donors (Lipinski definition) is 1. The number of benzene rings is 1. The van der Waals surface area contributed by atoms with Gasteiger partial charge >= 0.3 is 0 Å². The first-order valence-corrected chi connectivity index (χ1v) is 13.2. The molecule has 1 aliphatic heterocycles. The van der Waals surface area contributed by atoms with E-state index in [0.717, 1.165) is 41.5 Å². The molecule has 0 saturated heterocycles. The van der Waals surface area contributed by atoms with Gasteiger partial charge in [-0.2, -0.15) is 13.5 Å². The van der Waals surface area contributed by atoms with E-state index in [2.05, 4.69) is 70.1 Å². The summed E-state index contributed by atoms with van der Waals surface area (Å²) in [6, 6.07) is 7.76. The summed E-state index contributed by atoms with van der Waals surface area (Å²) in [7, 11) is -0.0690. The molecule has 0 spiro atoms. The normalized spacial score (nSPS) is 13.6. The third-order valence-corrected chi connectivity index (χ3v) is 7.84. The van der Waals surface area contributed by atoms with Crippen LogP contribution in [0.4, 0.5) is 11.4 Å². The molecule has 182 valence electrons. The molecule has 35 heavy (non-hydrogen) atoms. The Kier molecular flexibility index (Phi) is 5.67. The molecule has 8 nitrogen and oxygen atoms in total. The fourth-order valence-electron chi connectivity index (χ4n) is 4.85. The summed E-state index contributed by atoms with van der Waals surface area (Å²) in [5.41, 5.74) is 7.01. The molecule has 5 rings (SSSR count). The lowest BCUT2D eigenvalue weighted by Crippen LogP contribution is -2.14. The van der Waals surface area contributed by atoms with Crippen LogP contribution in [0, 0.1) is 0 Å². The van der Waals surface area contributed by atoms with Crippen molar-refractivity contribution in [2.45, 2.75) is 37.8 Å². The van der Waals surface area contributed by atoms with Crippen LogP contribution in [0.3, 0.4) is 0 Å². The van der Waals surface area contributed by atoms with Crippen LogP contribution >= 0.6 is 0 Å². The molecule has 0 aliphatic carbocycles. The zero-order chi connectivity index (χ0) is 24.9. The fraction of sp³-hybridized carbons (Fsp3) is 0.308. The number of sulfonamides is 1. The molecule has 0 atom stereocenters. The molecule has 0 bridgehead atoms. The van der Waals surface area contributed by atoms with E-state index in [9.17, 15) is 8.42 Å². The number of nitrogens with zero attached hydrogens (tertiary/aromatic N) is 5. The lowest BCUT2D eigenvalue weighted by molar-refractivity contribution is 0.593. The summed E-state index contributed by atoms with van der Waals surface area (Å²) in [6.07, 6.45) is 9.06. The number of pyridine rings is 1. The smallest absolute Gasteiger partial charge is 0.281 e. The van der Waals surface area contributed by atoms with E-state index >= 15 is 0 Å². The Labute approximate surface area is 205 Å². The third kappa shape index (κ3) is 3.99. The quantitative estimate of drug-likeness (QED) is 0.385. The zero-order valence-electron chi connectivity index (χ0n) is 20.5. The molecular weight excluding hydrogens is 460 g/mol. The van der Waals surface area contributed by atoms with Gasteiger partial charge in [0.1, 0.15) is 5.65 Å². The van der Waals surface area contributed by atoms with Crippen molar-refractivity contribution in [1.29, 1.82) is 0 Å². The minimum absolute atomic E-state index is 0.0257. The van der Waals surface area contributed by atoms with Crippen LogP contribution in [0.5, 0.6) is 0 Å². The van der Waals surface area contributed by atoms with Crippen LogP contribution in [-0.2, 0) is 29.9 Å². The Bertz CT molecular complexity index is 1550. The highest BCUT2D eigenvalue weighted by atomic mass is 32.2. The Morgan fingerprint density at radius 3 is 2.71 bits per heavy atom. The van der Waals surface area contributed by atoms with Gasteiger partial charge in [-0.1, -0.05) is 12.1 Å². The maximum Gasteiger partial charge on any atom is 0.281 e. The van der Waals surface area contributed by atoms with E-state index in [1.165, 1.54) is 27.6 Å². The number of anilines is 2. The fourth-order valence-corrected chi connectivity index (χ4v) is 5.89. The Morgan fingerprint density at radius 1 is 1.23 bits per heavy atom. The van der Waals surface area contributed by atoms with Gasteiger partial charge in [0, 0.05) is 56.5 Å². The highest BCUT2D eigenvalue weighted by Gasteiger charge is 2.25. The van der Waals surface area contributed by atoms with Crippen molar-refractivity contribution >= 4 is 32.4 Å². The molecule has 1 aromatic carbocycles. The summed E-state index contributed by atoms with van der Waals surface area (Å²) in [4.78, 5) is 6.92. The summed E-state index contributed by atoms with van der Waals surface area (Å²) in [5.74, 6) is 0. The monoisotopic (exact) mass is 490 g/mol. The van der Waals surface area contributed by atoms with Crippen LogP contribution < -0.4 is 9.62 Å². The Hall–Kier alpha value is -3.59. The molecule has 0 fully saturated rings. The van der Waals surface area contributed by atoms with Crippen molar-refractivity contribution in [3.05, 3.63) is 66.6 Å². The van der Waals surface area contributed by atoms with Crippen LogP contribution in [0.1, 0.15) is 31.0 Å². The number of aryl methyl sites for hydroxylation is 1. The SMILES string of the molecule is C=CCc1cc(-c2cn(C(C)C)c3nccc(NS(=O)(=O)c4ccn(C)n4)c23)cc2c1CCN2C. The van der Waals surface area contributed by atoms with Crippen LogP contribution in [0.15, 0.2) is 60.5 Å². The zero-order valence-corrected chi connectivity index (χ0v) is 21.3. The standard InChI is InChI=1S/C26H30N6O2S/c1-6-7-18-14-19(15-23-20(18)9-12-30(23)4)21-16-32(17(2)3)26-25(21)22(8-11-27-26)29-35(33,34)24-10-13-31(5)28-24/h6,8,10-11,13-17H,1,7,9,12H2,2-5H3,(H,27,29). The molecule has 0 saturated carbocycles. The molecule has 0 radical (unpaired) electrons. The number of allylic oxidation sites excluding steroid dienone is 1. The minimum Gasteiger partial charge on any atom is -0.374 e. The van der Waals surface area contributed by atoms with Gasteiger partial charge < -0.3 is 9.47 Å². The lowest BCUT2D eigenvalue weighted by atomic mass is 9.95. The molecular formula is C26H30N6O2S. The minimum atomic E-state index is -3.87. The van der Waals surface area contributed by atoms with Crippen molar-refractivity contribution < 1.29 is 8.42 Å². The molecule has 4 heterocycles. The summed E-state index contributed by atoms with van der Waals surface area (Å²) >= 11 is 0. The number of nitrogens with one attached hydrogen (secondary N) is 1. The van der Waals surface area contributed by atoms with Gasteiger partial charge in [0.2, 0.25) is 0 Å². The summed E-state index contributed by atoms with van der Waals surface area (Å²) in [5, 5.41) is 4.83. The highest BCUT2D eigenvalue weighted by molar-refractivity contribution is 7.92. The molecule has 4 aromatic rings. The van der Waals surface area contributed by atoms with Crippen LogP contribution in [0.25, 0.3) is 22.2 Å². The van der Waals surface area contributed by atoms with Gasteiger partial charge in [0.05, 0.1) is 11.1 Å². The second-order valence-corrected chi connectivity index (χ2v) is 11.0. The third-order valence-electron chi connectivity index (χ3n) is 6.58. The van der Waals surface area contributed by atoms with Gasteiger partial charge in [0.25, 0.3) is 10.0 Å². The number of fused-ring (bicyclic) bond motifs is 2. The van der Waals surface area contributed by atoms with Crippen molar-refractivity contribution in [3.8, 4) is 11.1 Å². The van der Waals surface area contributed by atoms with E-state index in [1.807, 2.05) is 6.08 Å². The number of rotatable bonds is 7. The van der Waals surface area contributed by atoms with Crippen molar-refractivity contribution in [3.63, 3.8) is 0 Å². The number of hydrogen-bond acceptors (Lipinski definition) is 5. The van der Waals surface area contributed by atoms with E-state index in [4.69, 9.17) is 0 Å². The van der Waals surface area contributed by atoms with Crippen molar-refractivity contribution in [1.82, 2.24) is 19.3 Å². The average Bonchev–Trinajstić information content (AvgIpc) is 3.52. The number of likely N-dealkylation sites (N-methyl/N-ethyl adjacent to an activating group) is 1. The second kappa shape index (κ2) is 8.57. The molecule has 0 amide bonds. The molecule has 1 N–H and O–H groups in total. The highest BCUT2D eigenvalue weighted by Crippen LogP contribution is 2.41. The van der Waals surface area contributed by atoms with Gasteiger partial charge in [-0.15, -0.1) is 6.58 Å². The van der Waals surface area contributed by atoms with Crippen LogP contribution in [-0.4, -0.2) is 41.3 Å². The molecule has 3 aromatic heterocycles.